The second-order valence-corrected chi connectivity index (χ2v) is 6.21. The summed E-state index contributed by atoms with van der Waals surface area (Å²) in [5.74, 6) is 0.639. The molecule has 6 heteroatoms. The molecule has 100 valence electrons. The van der Waals surface area contributed by atoms with Gasteiger partial charge in [-0.1, -0.05) is 20.8 Å². The maximum Gasteiger partial charge on any atom is 0.291 e. The summed E-state index contributed by atoms with van der Waals surface area (Å²) in [6.45, 7) is 10.1. The lowest BCUT2D eigenvalue weighted by Gasteiger charge is -2.29. The highest BCUT2D eigenvalue weighted by Crippen LogP contribution is 2.32. The molecule has 0 radical (unpaired) electrons. The lowest BCUT2D eigenvalue weighted by Crippen LogP contribution is -2.31. The van der Waals surface area contributed by atoms with Gasteiger partial charge in [-0.05, 0) is 35.2 Å². The number of nitrogens with zero attached hydrogens (tertiary/aromatic N) is 2. The molecule has 0 aliphatic carbocycles. The SMILES string of the molecule is Cc1c([N+](=O)[O-])cnc(NC(C)C(C)(C)C)c1Br. The van der Waals surface area contributed by atoms with Gasteiger partial charge in [0.05, 0.1) is 9.40 Å². The molecular formula is C12H18BrN3O2. The number of anilines is 1. The van der Waals surface area contributed by atoms with Crippen LogP contribution in [-0.4, -0.2) is 15.9 Å². The summed E-state index contributed by atoms with van der Waals surface area (Å²) in [6.07, 6.45) is 1.29. The topological polar surface area (TPSA) is 68.1 Å². The van der Waals surface area contributed by atoms with Gasteiger partial charge < -0.3 is 5.32 Å². The van der Waals surface area contributed by atoms with Crippen LogP contribution in [0, 0.1) is 22.5 Å². The van der Waals surface area contributed by atoms with Gasteiger partial charge in [-0.2, -0.15) is 0 Å². The van der Waals surface area contributed by atoms with Crippen LogP contribution in [0.25, 0.3) is 0 Å². The molecule has 5 nitrogen and oxygen atoms in total. The standard InChI is InChI=1S/C12H18BrN3O2/c1-7-9(16(17)18)6-14-11(10(7)13)15-8(2)12(3,4)5/h6,8H,1-5H3,(H,14,15). The van der Waals surface area contributed by atoms with E-state index in [1.807, 2.05) is 0 Å². The maximum atomic E-state index is 10.8. The van der Waals surface area contributed by atoms with E-state index in [0.29, 0.717) is 15.9 Å². The summed E-state index contributed by atoms with van der Waals surface area (Å²) in [6, 6.07) is 0.196. The predicted molar refractivity (Wildman–Crippen MR) is 75.9 cm³/mol. The fourth-order valence-corrected chi connectivity index (χ4v) is 1.70. The van der Waals surface area contributed by atoms with Gasteiger partial charge >= 0.3 is 0 Å². The number of halogens is 1. The van der Waals surface area contributed by atoms with E-state index in [1.165, 1.54) is 6.20 Å². The summed E-state index contributed by atoms with van der Waals surface area (Å²) in [7, 11) is 0. The van der Waals surface area contributed by atoms with Crippen molar-refractivity contribution >= 4 is 27.4 Å². The smallest absolute Gasteiger partial charge is 0.291 e. The van der Waals surface area contributed by atoms with Crippen LogP contribution >= 0.6 is 15.9 Å². The van der Waals surface area contributed by atoms with Crippen LogP contribution in [0.1, 0.15) is 33.3 Å². The van der Waals surface area contributed by atoms with Crippen LogP contribution in [0.4, 0.5) is 11.5 Å². The number of hydrogen-bond acceptors (Lipinski definition) is 4. The molecule has 1 N–H and O–H groups in total. The van der Waals surface area contributed by atoms with Gasteiger partial charge in [0.1, 0.15) is 12.0 Å². The quantitative estimate of drug-likeness (QED) is 0.678. The Morgan fingerprint density at radius 3 is 2.50 bits per heavy atom. The molecule has 1 rings (SSSR count). The van der Waals surface area contributed by atoms with Crippen LogP contribution in [0.2, 0.25) is 0 Å². The lowest BCUT2D eigenvalue weighted by atomic mass is 9.88. The predicted octanol–water partition coefficient (Wildman–Crippen LogP) is 3.91. The average Bonchev–Trinajstić information content (AvgIpc) is 2.22. The first-order valence-electron chi connectivity index (χ1n) is 5.70. The number of aromatic nitrogens is 1. The van der Waals surface area contributed by atoms with Crippen molar-refractivity contribution in [2.24, 2.45) is 5.41 Å². The molecule has 0 aliphatic heterocycles. The minimum Gasteiger partial charge on any atom is -0.366 e. The highest BCUT2D eigenvalue weighted by atomic mass is 79.9. The van der Waals surface area contributed by atoms with E-state index in [4.69, 9.17) is 0 Å². The number of nitrogens with one attached hydrogen (secondary N) is 1. The molecule has 1 unspecified atom stereocenters. The monoisotopic (exact) mass is 315 g/mol. The normalized spacial score (nSPS) is 13.2. The summed E-state index contributed by atoms with van der Waals surface area (Å²) in [5.41, 5.74) is 0.686. The van der Waals surface area contributed by atoms with Gasteiger partial charge in [0.15, 0.2) is 0 Å². The van der Waals surface area contributed by atoms with E-state index in [0.717, 1.165) is 0 Å². The number of nitro groups is 1. The molecule has 18 heavy (non-hydrogen) atoms. The Balaban J connectivity index is 3.07. The second-order valence-electron chi connectivity index (χ2n) is 5.42. The first-order chi connectivity index (χ1) is 8.14. The molecule has 0 fully saturated rings. The minimum absolute atomic E-state index is 0.0239. The van der Waals surface area contributed by atoms with Gasteiger partial charge in [0.25, 0.3) is 5.69 Å². The van der Waals surface area contributed by atoms with Crippen LogP contribution < -0.4 is 5.32 Å². The van der Waals surface area contributed by atoms with Crippen LogP contribution in [0.15, 0.2) is 10.7 Å². The van der Waals surface area contributed by atoms with Crippen molar-refractivity contribution in [1.82, 2.24) is 4.98 Å². The zero-order valence-corrected chi connectivity index (χ0v) is 12.8. The number of rotatable bonds is 3. The summed E-state index contributed by atoms with van der Waals surface area (Å²) in [5, 5.41) is 14.1. The van der Waals surface area contributed by atoms with Crippen molar-refractivity contribution in [2.75, 3.05) is 5.32 Å². The van der Waals surface area contributed by atoms with Crippen molar-refractivity contribution in [3.8, 4) is 0 Å². The first-order valence-corrected chi connectivity index (χ1v) is 6.50. The third kappa shape index (κ3) is 3.19. The van der Waals surface area contributed by atoms with Crippen molar-refractivity contribution < 1.29 is 4.92 Å². The van der Waals surface area contributed by atoms with Crippen molar-refractivity contribution in [1.29, 1.82) is 0 Å². The zero-order valence-electron chi connectivity index (χ0n) is 11.2. The molecule has 0 aromatic carbocycles. The third-order valence-electron chi connectivity index (χ3n) is 3.09. The highest BCUT2D eigenvalue weighted by Gasteiger charge is 2.23. The van der Waals surface area contributed by atoms with Crippen molar-refractivity contribution in [3.63, 3.8) is 0 Å². The molecule has 0 saturated carbocycles. The van der Waals surface area contributed by atoms with Crippen molar-refractivity contribution in [3.05, 3.63) is 26.3 Å². The Hall–Kier alpha value is -1.17. The van der Waals surface area contributed by atoms with Gasteiger partial charge in [-0.15, -0.1) is 0 Å². The summed E-state index contributed by atoms with van der Waals surface area (Å²) >= 11 is 3.37. The van der Waals surface area contributed by atoms with E-state index >= 15 is 0 Å². The van der Waals surface area contributed by atoms with Gasteiger partial charge in [0.2, 0.25) is 0 Å². The van der Waals surface area contributed by atoms with E-state index in [2.05, 4.69) is 53.9 Å². The molecule has 1 aromatic heterocycles. The molecule has 0 amide bonds. The van der Waals surface area contributed by atoms with Crippen LogP contribution in [0.5, 0.6) is 0 Å². The van der Waals surface area contributed by atoms with E-state index in [1.54, 1.807) is 6.92 Å². The highest BCUT2D eigenvalue weighted by molar-refractivity contribution is 9.10. The van der Waals surface area contributed by atoms with Crippen molar-refractivity contribution in [2.45, 2.75) is 40.7 Å². The second kappa shape index (κ2) is 5.22. The Bertz CT molecular complexity index is 469. The van der Waals surface area contributed by atoms with Crippen LogP contribution in [0.3, 0.4) is 0 Å². The number of hydrogen-bond donors (Lipinski definition) is 1. The zero-order chi connectivity index (χ0) is 14.1. The van der Waals surface area contributed by atoms with E-state index in [-0.39, 0.29) is 17.1 Å². The Morgan fingerprint density at radius 2 is 2.06 bits per heavy atom. The Morgan fingerprint density at radius 1 is 1.50 bits per heavy atom. The van der Waals surface area contributed by atoms with E-state index in [9.17, 15) is 10.1 Å². The molecule has 1 heterocycles. The van der Waals surface area contributed by atoms with Gasteiger partial charge in [0, 0.05) is 11.6 Å². The van der Waals surface area contributed by atoms with Gasteiger partial charge in [-0.25, -0.2) is 4.98 Å². The summed E-state index contributed by atoms with van der Waals surface area (Å²) in [4.78, 5) is 14.5. The molecule has 0 saturated heterocycles. The Labute approximate surface area is 115 Å². The molecule has 1 atom stereocenters. The fourth-order valence-electron chi connectivity index (χ4n) is 1.28. The maximum absolute atomic E-state index is 10.8. The molecule has 0 spiro atoms. The lowest BCUT2D eigenvalue weighted by molar-refractivity contribution is -0.385. The third-order valence-corrected chi connectivity index (χ3v) is 4.06. The molecule has 0 bridgehead atoms. The fraction of sp³-hybridized carbons (Fsp3) is 0.583. The van der Waals surface area contributed by atoms with Crippen LogP contribution in [-0.2, 0) is 0 Å². The largest absolute Gasteiger partial charge is 0.366 e. The minimum atomic E-state index is -0.427. The molecular weight excluding hydrogens is 298 g/mol. The van der Waals surface area contributed by atoms with E-state index < -0.39 is 4.92 Å². The number of pyridine rings is 1. The average molecular weight is 316 g/mol. The Kier molecular flexibility index (Phi) is 4.32. The first kappa shape index (κ1) is 14.9. The summed E-state index contributed by atoms with van der Waals surface area (Å²) < 4.78 is 0.646. The van der Waals surface area contributed by atoms with Gasteiger partial charge in [-0.3, -0.25) is 10.1 Å². The molecule has 1 aromatic rings. The molecule has 0 aliphatic rings.